The van der Waals surface area contributed by atoms with E-state index in [9.17, 15) is 5.11 Å². The maximum atomic E-state index is 12.7. The van der Waals surface area contributed by atoms with Crippen molar-refractivity contribution in [3.63, 3.8) is 0 Å². The summed E-state index contributed by atoms with van der Waals surface area (Å²) >= 11 is 0. The number of aromatic nitrogens is 5. The van der Waals surface area contributed by atoms with Crippen LogP contribution < -0.4 is 4.57 Å². The van der Waals surface area contributed by atoms with Gasteiger partial charge in [0.05, 0.1) is 44.6 Å². The highest BCUT2D eigenvalue weighted by atomic mass is 16.3. The molecule has 0 amide bonds. The molecule has 63 heavy (non-hydrogen) atoms. The third-order valence-electron chi connectivity index (χ3n) is 12.5. The number of imidazole rings is 2. The molecule has 0 saturated carbocycles. The zero-order valence-electron chi connectivity index (χ0n) is 41.8. The van der Waals surface area contributed by atoms with Crippen molar-refractivity contribution in [2.75, 3.05) is 0 Å². The number of hydrogen-bond acceptors (Lipinski definition) is 2. The van der Waals surface area contributed by atoms with Gasteiger partial charge in [-0.2, -0.15) is 0 Å². The molecule has 1 N–H and O–H groups in total. The van der Waals surface area contributed by atoms with E-state index in [4.69, 9.17) is 9.10 Å². The van der Waals surface area contributed by atoms with Gasteiger partial charge < -0.3 is 14.2 Å². The number of phenolic OH excluding ortho intramolecular Hbond substituents is 1. The Labute approximate surface area is 377 Å². The van der Waals surface area contributed by atoms with E-state index in [-0.39, 0.29) is 27.4 Å². The molecule has 0 spiro atoms. The van der Waals surface area contributed by atoms with Crippen LogP contribution in [-0.2, 0) is 28.6 Å². The summed E-state index contributed by atoms with van der Waals surface area (Å²) in [7, 11) is 0. The second kappa shape index (κ2) is 14.6. The molecule has 6 aromatic carbocycles. The summed E-state index contributed by atoms with van der Waals surface area (Å²) in [5, 5.41) is 13.7. The average Bonchev–Trinajstić information content (AvgIpc) is 3.92. The van der Waals surface area contributed by atoms with Gasteiger partial charge in [0.15, 0.2) is 11.5 Å². The van der Waals surface area contributed by atoms with Gasteiger partial charge >= 0.3 is 0 Å². The molecule has 9 rings (SSSR count). The van der Waals surface area contributed by atoms with Crippen LogP contribution in [0.2, 0.25) is 0 Å². The minimum Gasteiger partial charge on any atom is -0.507 e. The van der Waals surface area contributed by atoms with Gasteiger partial charge in [-0.05, 0) is 80.3 Å². The Morgan fingerprint density at radius 1 is 0.571 bits per heavy atom. The third-order valence-corrected chi connectivity index (χ3v) is 12.5. The average molecular weight is 835 g/mol. The summed E-state index contributed by atoms with van der Waals surface area (Å²) in [6, 6.07) is 44.0. The number of aromatic hydroxyl groups is 1. The van der Waals surface area contributed by atoms with Gasteiger partial charge in [0.25, 0.3) is 0 Å². The van der Waals surface area contributed by atoms with Gasteiger partial charge in [0.1, 0.15) is 11.3 Å². The fraction of sp³-hybridized carbons (Fsp3) is 0.298. The smallest absolute Gasteiger partial charge is 0.244 e. The summed E-state index contributed by atoms with van der Waals surface area (Å²) in [5.74, 6) is 0.840. The van der Waals surface area contributed by atoms with E-state index < -0.39 is 6.98 Å². The first-order valence-electron chi connectivity index (χ1n) is 23.5. The first-order valence-corrected chi connectivity index (χ1v) is 22.0. The van der Waals surface area contributed by atoms with Gasteiger partial charge in [-0.25, -0.2) is 4.98 Å². The maximum absolute atomic E-state index is 12.7. The highest BCUT2D eigenvalue weighted by Gasteiger charge is 2.31. The van der Waals surface area contributed by atoms with Crippen LogP contribution in [0.25, 0.3) is 72.7 Å². The van der Waals surface area contributed by atoms with Crippen molar-refractivity contribution in [1.29, 1.82) is 0 Å². The Kier molecular flexibility index (Phi) is 8.86. The van der Waals surface area contributed by atoms with Crippen LogP contribution in [0, 0.1) is 6.33 Å². The van der Waals surface area contributed by atoms with Crippen molar-refractivity contribution < 1.29 is 13.8 Å². The van der Waals surface area contributed by atoms with Crippen LogP contribution in [-0.4, -0.2) is 23.8 Å². The number of nitrogens with zero attached hydrogens (tertiary/aromatic N) is 5. The van der Waals surface area contributed by atoms with Gasteiger partial charge in [0.2, 0.25) is 6.33 Å². The Hall–Kier alpha value is -6.40. The molecular weight excluding hydrogens is 771 g/mol. The summed E-state index contributed by atoms with van der Waals surface area (Å²) < 4.78 is 32.9. The second-order valence-electron chi connectivity index (χ2n) is 21.3. The number of hydrogen-bond donors (Lipinski definition) is 1. The Morgan fingerprint density at radius 2 is 1.17 bits per heavy atom. The van der Waals surface area contributed by atoms with Crippen molar-refractivity contribution in [3.05, 3.63) is 156 Å². The monoisotopic (exact) mass is 835 g/mol. The minimum atomic E-state index is -2.44. The fourth-order valence-corrected chi connectivity index (χ4v) is 8.85. The number of para-hydroxylation sites is 3. The Balaban J connectivity index is 1.46. The molecule has 320 valence electrons. The molecule has 0 saturated heterocycles. The Morgan fingerprint density at radius 3 is 1.84 bits per heavy atom. The molecule has 0 aliphatic rings. The highest BCUT2D eigenvalue weighted by Crippen LogP contribution is 2.47. The lowest BCUT2D eigenvalue weighted by Crippen LogP contribution is -2.26. The van der Waals surface area contributed by atoms with Crippen molar-refractivity contribution in [3.8, 4) is 45.3 Å². The molecule has 0 unspecified atom stereocenters. The fourth-order valence-electron chi connectivity index (χ4n) is 8.85. The molecule has 3 aromatic heterocycles. The van der Waals surface area contributed by atoms with E-state index in [0.717, 1.165) is 72.5 Å². The van der Waals surface area contributed by atoms with Crippen molar-refractivity contribution in [2.45, 2.75) is 105 Å². The van der Waals surface area contributed by atoms with Gasteiger partial charge in [-0.15, -0.1) is 0 Å². The van der Waals surface area contributed by atoms with Crippen LogP contribution in [0.3, 0.4) is 0 Å². The molecule has 3 heterocycles. The molecule has 9 aromatic rings. The summed E-state index contributed by atoms with van der Waals surface area (Å²) in [4.78, 5) is 5.74. The molecule has 6 nitrogen and oxygen atoms in total. The molecule has 0 radical (unpaired) electrons. The minimum absolute atomic E-state index is 0.118. The zero-order chi connectivity index (χ0) is 47.5. The number of benzene rings is 6. The van der Waals surface area contributed by atoms with Crippen molar-refractivity contribution >= 4 is 33.1 Å². The van der Waals surface area contributed by atoms with E-state index in [1.807, 2.05) is 34.9 Å². The lowest BCUT2D eigenvalue weighted by molar-refractivity contribution is -0.649. The normalized spacial score (nSPS) is 13.8. The molecule has 0 aliphatic carbocycles. The maximum Gasteiger partial charge on any atom is 0.244 e. The van der Waals surface area contributed by atoms with Crippen LogP contribution in [0.4, 0.5) is 0 Å². The first-order chi connectivity index (χ1) is 30.8. The number of fused-ring (bicyclic) bond motifs is 4. The van der Waals surface area contributed by atoms with Crippen molar-refractivity contribution in [2.24, 2.45) is 6.98 Å². The van der Waals surface area contributed by atoms with Crippen molar-refractivity contribution in [1.82, 2.24) is 18.7 Å². The van der Waals surface area contributed by atoms with E-state index >= 15 is 0 Å². The summed E-state index contributed by atoms with van der Waals surface area (Å²) in [5.41, 5.74) is 12.5. The highest BCUT2D eigenvalue weighted by molar-refractivity contribution is 6.09. The van der Waals surface area contributed by atoms with Crippen LogP contribution >= 0.6 is 0 Å². The number of rotatable bonds is 5. The van der Waals surface area contributed by atoms with E-state index in [2.05, 4.69) is 196 Å². The van der Waals surface area contributed by atoms with Crippen LogP contribution in [0.1, 0.15) is 109 Å². The largest absolute Gasteiger partial charge is 0.507 e. The predicted molar refractivity (Wildman–Crippen MR) is 262 cm³/mol. The molecule has 0 aliphatic heterocycles. The lowest BCUT2D eigenvalue weighted by atomic mass is 9.79. The quantitative estimate of drug-likeness (QED) is 0.139. The number of aryl methyl sites for hydroxylation is 1. The van der Waals surface area contributed by atoms with Gasteiger partial charge in [-0.1, -0.05) is 174 Å². The van der Waals surface area contributed by atoms with Crippen LogP contribution in [0.5, 0.6) is 5.75 Å². The molecular formula is C57H61N5O. The van der Waals surface area contributed by atoms with Gasteiger partial charge in [-0.3, -0.25) is 9.13 Å². The number of phenols is 1. The SMILES string of the molecule is [2H]C([2H])([2H])[n+]1[c-]n(-c2cc(-n3c4ccccc4c4c3nc(-c3cc(C(C)(C)C)cc(C(C)(C)C)c3O)n4-c3ccc(C(C)(C)C)cc3-c3ccccc3)cc(C(C)(C)C)c2)c2ccccc21. The second-order valence-corrected chi connectivity index (χ2v) is 21.3. The molecule has 0 bridgehead atoms. The topological polar surface area (TPSA) is 51.8 Å². The standard InChI is InChI=1S/C57H61N5O/c1-54(2,3)37-27-28-47(43(31-37)36-21-15-14-16-22-36)62-50-42-23-17-18-24-46(42)61(53(50)58-52(62)44-32-39(56(7,8)9)33-45(51(44)63)57(10,11)12)41-30-38(55(4,5)6)29-40(34-41)60-35-59(13)48-25-19-20-26-49(48)60/h14-34,63H,1-13H3/i13D3. The van der Waals surface area contributed by atoms with E-state index in [1.165, 1.54) is 10.1 Å². The van der Waals surface area contributed by atoms with Gasteiger partial charge in [0, 0.05) is 22.2 Å². The predicted octanol–water partition coefficient (Wildman–Crippen LogP) is 13.8. The lowest BCUT2D eigenvalue weighted by Gasteiger charge is -2.28. The first kappa shape index (κ1) is 38.3. The molecule has 0 fully saturated rings. The summed E-state index contributed by atoms with van der Waals surface area (Å²) in [6.45, 7) is 23.9. The third kappa shape index (κ3) is 7.23. The van der Waals surface area contributed by atoms with E-state index in [1.54, 1.807) is 0 Å². The zero-order valence-corrected chi connectivity index (χ0v) is 38.8. The Bertz CT molecular complexity index is 3340. The summed E-state index contributed by atoms with van der Waals surface area (Å²) in [6.07, 6.45) is 3.22. The molecule has 0 atom stereocenters. The van der Waals surface area contributed by atoms with E-state index in [0.29, 0.717) is 16.9 Å². The molecule has 6 heteroatoms. The van der Waals surface area contributed by atoms with Crippen LogP contribution in [0.15, 0.2) is 127 Å².